The summed E-state index contributed by atoms with van der Waals surface area (Å²) in [7, 11) is 1.41. The van der Waals surface area contributed by atoms with E-state index in [1.54, 1.807) is 0 Å². The summed E-state index contributed by atoms with van der Waals surface area (Å²) in [6.07, 6.45) is -1.73. The molecule has 0 radical (unpaired) electrons. The van der Waals surface area contributed by atoms with Gasteiger partial charge in [0.25, 0.3) is 0 Å². The standard InChI is InChI=1S/C24H31NO5/c1-3-14-9-10-17(23-21(27)20(26)22(28)24(29-2)30-23)13-18(14)12-16-7-4-6-15-8-5-11-25-19(15)16/h4,6-7,9-10,13,20-28H,3,5,8,11-12H2,1-2H3/t20-,21-,22+,23+,24+/m1/s1. The highest BCUT2D eigenvalue weighted by Gasteiger charge is 2.44. The van der Waals surface area contributed by atoms with Gasteiger partial charge in [0.15, 0.2) is 6.29 Å². The molecule has 2 aromatic rings. The van der Waals surface area contributed by atoms with Crippen LogP contribution in [0.4, 0.5) is 5.69 Å². The van der Waals surface area contributed by atoms with Crippen molar-refractivity contribution in [2.45, 2.75) is 63.3 Å². The second kappa shape index (κ2) is 9.04. The van der Waals surface area contributed by atoms with E-state index in [0.29, 0.717) is 0 Å². The van der Waals surface area contributed by atoms with Crippen molar-refractivity contribution in [2.24, 2.45) is 0 Å². The highest BCUT2D eigenvalue weighted by molar-refractivity contribution is 5.60. The fourth-order valence-corrected chi connectivity index (χ4v) is 4.58. The first-order valence-electron chi connectivity index (χ1n) is 10.7. The lowest BCUT2D eigenvalue weighted by atomic mass is 9.88. The second-order valence-corrected chi connectivity index (χ2v) is 8.17. The van der Waals surface area contributed by atoms with Crippen molar-refractivity contribution in [3.63, 3.8) is 0 Å². The van der Waals surface area contributed by atoms with Crippen LogP contribution < -0.4 is 5.32 Å². The van der Waals surface area contributed by atoms with E-state index < -0.39 is 30.7 Å². The predicted molar refractivity (Wildman–Crippen MR) is 115 cm³/mol. The van der Waals surface area contributed by atoms with E-state index in [2.05, 4.69) is 36.5 Å². The van der Waals surface area contributed by atoms with Crippen molar-refractivity contribution < 1.29 is 24.8 Å². The number of hydrogen-bond acceptors (Lipinski definition) is 6. The number of aliphatic hydroxyl groups excluding tert-OH is 3. The van der Waals surface area contributed by atoms with Gasteiger partial charge in [0.2, 0.25) is 0 Å². The molecular weight excluding hydrogens is 382 g/mol. The van der Waals surface area contributed by atoms with Crippen LogP contribution in [-0.2, 0) is 28.7 Å². The van der Waals surface area contributed by atoms with Gasteiger partial charge in [0.1, 0.15) is 24.4 Å². The zero-order valence-corrected chi connectivity index (χ0v) is 17.5. The van der Waals surface area contributed by atoms with Crippen LogP contribution in [0.3, 0.4) is 0 Å². The number of rotatable bonds is 5. The number of aliphatic hydroxyl groups is 3. The first-order valence-corrected chi connectivity index (χ1v) is 10.7. The number of benzene rings is 2. The second-order valence-electron chi connectivity index (χ2n) is 8.17. The summed E-state index contributed by atoms with van der Waals surface area (Å²) in [6.45, 7) is 3.12. The molecule has 6 nitrogen and oxygen atoms in total. The molecule has 0 saturated carbocycles. The van der Waals surface area contributed by atoms with Crippen molar-refractivity contribution >= 4 is 5.69 Å². The number of fused-ring (bicyclic) bond motifs is 1. The molecule has 4 N–H and O–H groups in total. The molecule has 0 amide bonds. The van der Waals surface area contributed by atoms with Crippen LogP contribution in [-0.4, -0.2) is 53.6 Å². The predicted octanol–water partition coefficient (Wildman–Crippen LogP) is 2.32. The third-order valence-electron chi connectivity index (χ3n) is 6.28. The third-order valence-corrected chi connectivity index (χ3v) is 6.28. The normalized spacial score (nSPS) is 28.6. The summed E-state index contributed by atoms with van der Waals surface area (Å²) in [4.78, 5) is 0. The maximum atomic E-state index is 10.5. The van der Waals surface area contributed by atoms with Crippen LogP contribution in [0, 0.1) is 0 Å². The third kappa shape index (κ3) is 3.98. The number of para-hydroxylation sites is 1. The van der Waals surface area contributed by atoms with Gasteiger partial charge < -0.3 is 30.1 Å². The van der Waals surface area contributed by atoms with Gasteiger partial charge in [-0.15, -0.1) is 0 Å². The van der Waals surface area contributed by atoms with Crippen molar-refractivity contribution in [2.75, 3.05) is 19.0 Å². The van der Waals surface area contributed by atoms with E-state index >= 15 is 0 Å². The summed E-state index contributed by atoms with van der Waals surface area (Å²) in [6, 6.07) is 12.5. The van der Waals surface area contributed by atoms with E-state index in [1.807, 2.05) is 12.1 Å². The summed E-state index contributed by atoms with van der Waals surface area (Å²) >= 11 is 0. The van der Waals surface area contributed by atoms with Crippen LogP contribution in [0.2, 0.25) is 0 Å². The Hall–Kier alpha value is -1.96. The summed E-state index contributed by atoms with van der Waals surface area (Å²) < 4.78 is 10.9. The van der Waals surface area contributed by atoms with Crippen molar-refractivity contribution in [1.82, 2.24) is 0 Å². The summed E-state index contributed by atoms with van der Waals surface area (Å²) in [5.41, 5.74) is 7.03. The van der Waals surface area contributed by atoms with E-state index in [0.717, 1.165) is 37.8 Å². The molecule has 0 aliphatic carbocycles. The van der Waals surface area contributed by atoms with Gasteiger partial charge in [0, 0.05) is 19.3 Å². The molecule has 2 aliphatic heterocycles. The maximum absolute atomic E-state index is 10.5. The molecule has 162 valence electrons. The SMILES string of the molecule is CCc1ccc([C@@H]2O[C@H](OC)[C@@H](O)[C@H](O)[C@H]2O)cc1Cc1cccc2c1NCCC2. The highest BCUT2D eigenvalue weighted by Crippen LogP contribution is 2.35. The molecule has 2 heterocycles. The van der Waals surface area contributed by atoms with E-state index in [1.165, 1.54) is 35.1 Å². The van der Waals surface area contributed by atoms with Crippen LogP contribution >= 0.6 is 0 Å². The minimum Gasteiger partial charge on any atom is -0.387 e. The first-order chi connectivity index (χ1) is 14.5. The topological polar surface area (TPSA) is 91.2 Å². The smallest absolute Gasteiger partial charge is 0.186 e. The molecule has 6 heteroatoms. The fourth-order valence-electron chi connectivity index (χ4n) is 4.58. The number of ether oxygens (including phenoxy) is 2. The Morgan fingerprint density at radius 1 is 1.03 bits per heavy atom. The molecule has 30 heavy (non-hydrogen) atoms. The monoisotopic (exact) mass is 413 g/mol. The molecule has 0 aromatic heterocycles. The van der Waals surface area contributed by atoms with Gasteiger partial charge in [-0.25, -0.2) is 0 Å². The first kappa shape index (κ1) is 21.3. The van der Waals surface area contributed by atoms with Crippen LogP contribution in [0.5, 0.6) is 0 Å². The number of hydrogen-bond donors (Lipinski definition) is 4. The molecule has 2 aliphatic rings. The van der Waals surface area contributed by atoms with Gasteiger partial charge >= 0.3 is 0 Å². The minimum absolute atomic E-state index is 0.764. The largest absolute Gasteiger partial charge is 0.387 e. The molecule has 0 bridgehead atoms. The Bertz CT molecular complexity index is 884. The van der Waals surface area contributed by atoms with Crippen LogP contribution in [0.25, 0.3) is 0 Å². The van der Waals surface area contributed by atoms with Gasteiger partial charge in [-0.05, 0) is 53.5 Å². The van der Waals surface area contributed by atoms with E-state index in [9.17, 15) is 15.3 Å². The average molecular weight is 414 g/mol. The van der Waals surface area contributed by atoms with Gasteiger partial charge in [-0.3, -0.25) is 0 Å². The lowest BCUT2D eigenvalue weighted by molar-refractivity contribution is -0.292. The lowest BCUT2D eigenvalue weighted by Gasteiger charge is -2.40. The molecule has 2 aromatic carbocycles. The van der Waals surface area contributed by atoms with E-state index in [4.69, 9.17) is 9.47 Å². The molecule has 5 atom stereocenters. The van der Waals surface area contributed by atoms with Crippen LogP contribution in [0.15, 0.2) is 36.4 Å². The number of methoxy groups -OCH3 is 1. The van der Waals surface area contributed by atoms with Gasteiger partial charge in [-0.1, -0.05) is 43.3 Å². The highest BCUT2D eigenvalue weighted by atomic mass is 16.7. The number of aryl methyl sites for hydroxylation is 2. The maximum Gasteiger partial charge on any atom is 0.186 e. The molecule has 0 spiro atoms. The van der Waals surface area contributed by atoms with Gasteiger partial charge in [-0.2, -0.15) is 0 Å². The number of nitrogens with one attached hydrogen (secondary N) is 1. The quantitative estimate of drug-likeness (QED) is 0.602. The zero-order valence-electron chi connectivity index (χ0n) is 17.5. The summed E-state index contributed by atoms with van der Waals surface area (Å²) in [5.74, 6) is 0. The molecule has 1 fully saturated rings. The van der Waals surface area contributed by atoms with Crippen molar-refractivity contribution in [3.05, 3.63) is 64.2 Å². The Morgan fingerprint density at radius 3 is 2.63 bits per heavy atom. The molecule has 4 rings (SSSR count). The van der Waals surface area contributed by atoms with Gasteiger partial charge in [0.05, 0.1) is 0 Å². The van der Waals surface area contributed by atoms with Crippen molar-refractivity contribution in [1.29, 1.82) is 0 Å². The Labute approximate surface area is 177 Å². The Morgan fingerprint density at radius 2 is 1.87 bits per heavy atom. The molecule has 1 saturated heterocycles. The molecular formula is C24H31NO5. The van der Waals surface area contributed by atoms with Crippen molar-refractivity contribution in [3.8, 4) is 0 Å². The number of anilines is 1. The average Bonchev–Trinajstić information content (AvgIpc) is 2.78. The minimum atomic E-state index is -1.34. The fraction of sp³-hybridized carbons (Fsp3) is 0.500. The van der Waals surface area contributed by atoms with Crippen LogP contribution in [0.1, 0.15) is 47.3 Å². The van der Waals surface area contributed by atoms with E-state index in [-0.39, 0.29) is 0 Å². The lowest BCUT2D eigenvalue weighted by Crippen LogP contribution is -2.54. The Balaban J connectivity index is 1.66. The Kier molecular flexibility index (Phi) is 6.41. The summed E-state index contributed by atoms with van der Waals surface area (Å²) in [5, 5.41) is 34.4. The zero-order chi connectivity index (χ0) is 21.3. The molecule has 0 unspecified atom stereocenters.